The van der Waals surface area contributed by atoms with Crippen molar-refractivity contribution in [3.63, 3.8) is 0 Å². The molecule has 0 aromatic heterocycles. The molecule has 1 aromatic carbocycles. The lowest BCUT2D eigenvalue weighted by Crippen LogP contribution is -2.20. The number of unbranched alkanes of at least 4 members (excludes halogenated alkanes) is 1. The molecule has 0 bridgehead atoms. The molecule has 0 saturated carbocycles. The topological polar surface area (TPSA) is 12.0 Å². The standard InChI is InChI=1S/C15H23F2N/c1-11(2)10-18-7-5-4-6-13-8-12(3)14(16)9-15(13)17/h8-9,11,18H,4-7,10H2,1-3H3. The summed E-state index contributed by atoms with van der Waals surface area (Å²) in [5.74, 6) is -0.231. The van der Waals surface area contributed by atoms with Crippen molar-refractivity contribution < 1.29 is 8.78 Å². The zero-order chi connectivity index (χ0) is 13.5. The van der Waals surface area contributed by atoms with Gasteiger partial charge in [-0.15, -0.1) is 0 Å². The predicted molar refractivity (Wildman–Crippen MR) is 71.7 cm³/mol. The molecule has 0 saturated heterocycles. The van der Waals surface area contributed by atoms with E-state index in [4.69, 9.17) is 0 Å². The Morgan fingerprint density at radius 2 is 1.83 bits per heavy atom. The van der Waals surface area contributed by atoms with Crippen molar-refractivity contribution in [3.05, 3.63) is 34.9 Å². The molecule has 3 heteroatoms. The Labute approximate surface area is 109 Å². The van der Waals surface area contributed by atoms with Crippen LogP contribution in [-0.4, -0.2) is 13.1 Å². The summed E-state index contributed by atoms with van der Waals surface area (Å²) < 4.78 is 26.5. The summed E-state index contributed by atoms with van der Waals surface area (Å²) in [7, 11) is 0. The molecule has 0 unspecified atom stereocenters. The van der Waals surface area contributed by atoms with Gasteiger partial charge in [0, 0.05) is 6.07 Å². The highest BCUT2D eigenvalue weighted by Gasteiger charge is 2.06. The van der Waals surface area contributed by atoms with Gasteiger partial charge in [-0.2, -0.15) is 0 Å². The van der Waals surface area contributed by atoms with Crippen molar-refractivity contribution in [3.8, 4) is 0 Å². The lowest BCUT2D eigenvalue weighted by molar-refractivity contribution is 0.530. The second-order valence-electron chi connectivity index (χ2n) is 5.25. The summed E-state index contributed by atoms with van der Waals surface area (Å²) in [6, 6.07) is 2.61. The molecule has 0 spiro atoms. The molecular weight excluding hydrogens is 232 g/mol. The Bertz CT molecular complexity index is 375. The molecule has 0 fully saturated rings. The largest absolute Gasteiger partial charge is 0.316 e. The van der Waals surface area contributed by atoms with E-state index in [1.807, 2.05) is 0 Å². The number of nitrogens with one attached hydrogen (secondary N) is 1. The summed E-state index contributed by atoms with van der Waals surface area (Å²) in [5.41, 5.74) is 1.14. The Kier molecular flexibility index (Phi) is 6.27. The van der Waals surface area contributed by atoms with Crippen molar-refractivity contribution in [2.75, 3.05) is 13.1 Å². The maximum absolute atomic E-state index is 13.5. The van der Waals surface area contributed by atoms with Gasteiger partial charge in [0.1, 0.15) is 11.6 Å². The van der Waals surface area contributed by atoms with E-state index >= 15 is 0 Å². The summed E-state index contributed by atoms with van der Waals surface area (Å²) in [5, 5.41) is 3.35. The zero-order valence-electron chi connectivity index (χ0n) is 11.5. The van der Waals surface area contributed by atoms with E-state index in [0.29, 0.717) is 23.5 Å². The van der Waals surface area contributed by atoms with Crippen LogP contribution in [0.15, 0.2) is 12.1 Å². The van der Waals surface area contributed by atoms with Gasteiger partial charge in [-0.3, -0.25) is 0 Å². The van der Waals surface area contributed by atoms with Crippen LogP contribution in [0.4, 0.5) is 8.78 Å². The maximum atomic E-state index is 13.5. The minimum Gasteiger partial charge on any atom is -0.316 e. The minimum absolute atomic E-state index is 0.423. The number of aryl methyl sites for hydroxylation is 2. The van der Waals surface area contributed by atoms with Crippen LogP contribution < -0.4 is 5.32 Å². The molecule has 0 amide bonds. The SMILES string of the molecule is Cc1cc(CCCCNCC(C)C)c(F)cc1F. The average molecular weight is 255 g/mol. The number of halogens is 2. The van der Waals surface area contributed by atoms with Crippen LogP contribution in [0, 0.1) is 24.5 Å². The second-order valence-corrected chi connectivity index (χ2v) is 5.25. The highest BCUT2D eigenvalue weighted by Crippen LogP contribution is 2.16. The van der Waals surface area contributed by atoms with E-state index < -0.39 is 11.6 Å². The third-order valence-electron chi connectivity index (χ3n) is 2.93. The normalized spacial score (nSPS) is 11.2. The summed E-state index contributed by atoms with van der Waals surface area (Å²) >= 11 is 0. The Morgan fingerprint density at radius 3 is 2.50 bits per heavy atom. The summed E-state index contributed by atoms with van der Waals surface area (Å²) in [4.78, 5) is 0. The Balaban J connectivity index is 2.29. The van der Waals surface area contributed by atoms with Crippen LogP contribution in [0.3, 0.4) is 0 Å². The molecule has 0 radical (unpaired) electrons. The fourth-order valence-electron chi connectivity index (χ4n) is 1.86. The molecule has 0 heterocycles. The highest BCUT2D eigenvalue weighted by atomic mass is 19.1. The van der Waals surface area contributed by atoms with Crippen LogP contribution >= 0.6 is 0 Å². The van der Waals surface area contributed by atoms with Crippen molar-refractivity contribution >= 4 is 0 Å². The van der Waals surface area contributed by atoms with Crippen molar-refractivity contribution in [1.82, 2.24) is 5.32 Å². The Hall–Kier alpha value is -0.960. The molecule has 0 atom stereocenters. The molecule has 0 aliphatic carbocycles. The molecule has 102 valence electrons. The van der Waals surface area contributed by atoms with E-state index in [-0.39, 0.29) is 0 Å². The Morgan fingerprint density at radius 1 is 1.11 bits per heavy atom. The van der Waals surface area contributed by atoms with Crippen molar-refractivity contribution in [2.45, 2.75) is 40.0 Å². The fraction of sp³-hybridized carbons (Fsp3) is 0.600. The second kappa shape index (κ2) is 7.47. The zero-order valence-corrected chi connectivity index (χ0v) is 11.5. The molecule has 1 nitrogen and oxygen atoms in total. The molecular formula is C15H23F2N. The quantitative estimate of drug-likeness (QED) is 0.730. The first-order valence-electron chi connectivity index (χ1n) is 6.66. The first-order valence-corrected chi connectivity index (χ1v) is 6.66. The fourth-order valence-corrected chi connectivity index (χ4v) is 1.86. The lowest BCUT2D eigenvalue weighted by atomic mass is 10.0. The maximum Gasteiger partial charge on any atom is 0.129 e. The van der Waals surface area contributed by atoms with Crippen LogP contribution in [0.25, 0.3) is 0 Å². The van der Waals surface area contributed by atoms with Crippen LogP contribution in [0.2, 0.25) is 0 Å². The van der Waals surface area contributed by atoms with Crippen molar-refractivity contribution in [2.24, 2.45) is 5.92 Å². The third kappa shape index (κ3) is 5.13. The smallest absolute Gasteiger partial charge is 0.129 e. The number of hydrogen-bond donors (Lipinski definition) is 1. The lowest BCUT2D eigenvalue weighted by Gasteiger charge is -2.08. The van der Waals surface area contributed by atoms with E-state index in [1.54, 1.807) is 13.0 Å². The molecule has 1 aromatic rings. The van der Waals surface area contributed by atoms with E-state index in [0.717, 1.165) is 32.0 Å². The monoisotopic (exact) mass is 255 g/mol. The molecule has 18 heavy (non-hydrogen) atoms. The van der Waals surface area contributed by atoms with Crippen LogP contribution in [-0.2, 0) is 6.42 Å². The highest BCUT2D eigenvalue weighted by molar-refractivity contribution is 5.25. The van der Waals surface area contributed by atoms with E-state index in [2.05, 4.69) is 19.2 Å². The number of rotatable bonds is 7. The number of hydrogen-bond acceptors (Lipinski definition) is 1. The van der Waals surface area contributed by atoms with Gasteiger partial charge in [0.25, 0.3) is 0 Å². The summed E-state index contributed by atoms with van der Waals surface area (Å²) in [6.07, 6.45) is 2.62. The van der Waals surface area contributed by atoms with Gasteiger partial charge in [0.05, 0.1) is 0 Å². The summed E-state index contributed by atoms with van der Waals surface area (Å²) in [6.45, 7) is 7.99. The van der Waals surface area contributed by atoms with Gasteiger partial charge in [-0.05, 0) is 56.3 Å². The van der Waals surface area contributed by atoms with Crippen molar-refractivity contribution in [1.29, 1.82) is 0 Å². The van der Waals surface area contributed by atoms with Crippen LogP contribution in [0.1, 0.15) is 37.8 Å². The average Bonchev–Trinajstić information content (AvgIpc) is 2.29. The molecule has 1 N–H and O–H groups in total. The predicted octanol–water partition coefficient (Wildman–Crippen LogP) is 3.84. The van der Waals surface area contributed by atoms with Gasteiger partial charge >= 0.3 is 0 Å². The first kappa shape index (κ1) is 15.1. The van der Waals surface area contributed by atoms with E-state index in [9.17, 15) is 8.78 Å². The molecule has 1 rings (SSSR count). The van der Waals surface area contributed by atoms with Gasteiger partial charge in [0.15, 0.2) is 0 Å². The van der Waals surface area contributed by atoms with Gasteiger partial charge in [-0.1, -0.05) is 19.9 Å². The third-order valence-corrected chi connectivity index (χ3v) is 2.93. The minimum atomic E-state index is -0.463. The molecule has 0 aliphatic rings. The first-order chi connectivity index (χ1) is 8.50. The number of benzene rings is 1. The molecule has 0 aliphatic heterocycles. The van der Waals surface area contributed by atoms with E-state index in [1.165, 1.54) is 0 Å². The van der Waals surface area contributed by atoms with Gasteiger partial charge in [-0.25, -0.2) is 8.78 Å². The van der Waals surface area contributed by atoms with Gasteiger partial charge in [0.2, 0.25) is 0 Å². The van der Waals surface area contributed by atoms with Gasteiger partial charge < -0.3 is 5.32 Å². The van der Waals surface area contributed by atoms with Crippen LogP contribution in [0.5, 0.6) is 0 Å².